The van der Waals surface area contributed by atoms with Gasteiger partial charge in [-0.3, -0.25) is 9.69 Å². The molecule has 0 N–H and O–H groups in total. The number of likely N-dealkylation sites (tertiary alicyclic amines) is 1. The van der Waals surface area contributed by atoms with Gasteiger partial charge in [0.1, 0.15) is 0 Å². The lowest BCUT2D eigenvalue weighted by atomic mass is 9.91. The predicted octanol–water partition coefficient (Wildman–Crippen LogP) is 3.53. The Hall–Kier alpha value is -0.670. The zero-order chi connectivity index (χ0) is 13.3. The molecule has 1 saturated heterocycles. The maximum Gasteiger partial charge on any atom is 0.177 e. The Kier molecular flexibility index (Phi) is 4.23. The van der Waals surface area contributed by atoms with Gasteiger partial charge in [0.05, 0.1) is 6.54 Å². The molecular formula is C15H23NOS. The van der Waals surface area contributed by atoms with Crippen LogP contribution in [-0.2, 0) is 0 Å². The Morgan fingerprint density at radius 1 is 1.33 bits per heavy atom. The number of carbonyl (C=O) groups is 1. The van der Waals surface area contributed by atoms with E-state index in [2.05, 4.69) is 25.7 Å². The van der Waals surface area contributed by atoms with Gasteiger partial charge in [-0.2, -0.15) is 0 Å². The number of nitrogens with zero attached hydrogens (tertiary/aromatic N) is 1. The van der Waals surface area contributed by atoms with Crippen LogP contribution in [-0.4, -0.2) is 30.3 Å². The first-order valence-electron chi connectivity index (χ1n) is 6.78. The predicted molar refractivity (Wildman–Crippen MR) is 77.5 cm³/mol. The summed E-state index contributed by atoms with van der Waals surface area (Å²) in [6.45, 7) is 11.4. The van der Waals surface area contributed by atoms with Crippen molar-refractivity contribution >= 4 is 17.1 Å². The van der Waals surface area contributed by atoms with Gasteiger partial charge in [0.25, 0.3) is 0 Å². The van der Waals surface area contributed by atoms with E-state index in [-0.39, 0.29) is 5.78 Å². The molecule has 0 radical (unpaired) electrons. The number of rotatable bonds is 3. The summed E-state index contributed by atoms with van der Waals surface area (Å²) < 4.78 is 0. The quantitative estimate of drug-likeness (QED) is 0.779. The molecule has 2 heterocycles. The maximum atomic E-state index is 12.3. The van der Waals surface area contributed by atoms with E-state index < -0.39 is 0 Å². The third-order valence-corrected chi connectivity index (χ3v) is 4.62. The molecule has 3 heteroatoms. The first-order valence-corrected chi connectivity index (χ1v) is 7.60. The minimum Gasteiger partial charge on any atom is -0.295 e. The van der Waals surface area contributed by atoms with Crippen molar-refractivity contribution in [1.82, 2.24) is 4.90 Å². The summed E-state index contributed by atoms with van der Waals surface area (Å²) in [5.74, 6) is 1.72. The number of hydrogen-bond donors (Lipinski definition) is 0. The Balaban J connectivity index is 2.01. The molecule has 0 aliphatic carbocycles. The van der Waals surface area contributed by atoms with Gasteiger partial charge in [0, 0.05) is 28.4 Å². The van der Waals surface area contributed by atoms with Gasteiger partial charge in [0.2, 0.25) is 0 Å². The van der Waals surface area contributed by atoms with Crippen molar-refractivity contribution in [1.29, 1.82) is 0 Å². The van der Waals surface area contributed by atoms with Gasteiger partial charge >= 0.3 is 0 Å². The molecule has 2 rings (SSSR count). The highest BCUT2D eigenvalue weighted by atomic mass is 32.1. The van der Waals surface area contributed by atoms with Crippen LogP contribution in [0.1, 0.15) is 40.4 Å². The van der Waals surface area contributed by atoms with Crippen molar-refractivity contribution in [3.05, 3.63) is 21.4 Å². The number of aryl methyl sites for hydroxylation is 2. The Bertz CT molecular complexity index is 428. The van der Waals surface area contributed by atoms with Crippen molar-refractivity contribution in [2.75, 3.05) is 19.6 Å². The Labute approximate surface area is 114 Å². The Morgan fingerprint density at radius 3 is 2.44 bits per heavy atom. The highest BCUT2D eigenvalue weighted by Gasteiger charge is 2.24. The highest BCUT2D eigenvalue weighted by Crippen LogP contribution is 2.24. The number of Topliss-reactive ketones (excluding diaryl/α,β-unsaturated/α-hetero) is 1. The molecule has 2 nitrogen and oxygen atoms in total. The molecule has 0 amide bonds. The molecule has 1 aromatic rings. The molecule has 0 spiro atoms. The lowest BCUT2D eigenvalue weighted by molar-refractivity contribution is 0.0849. The molecule has 1 aliphatic heterocycles. The molecular weight excluding hydrogens is 242 g/mol. The van der Waals surface area contributed by atoms with Gasteiger partial charge in [-0.15, -0.1) is 11.3 Å². The molecule has 1 fully saturated rings. The SMILES string of the molecule is Cc1cc(C(=O)CN2CC(C)CC(C)C2)c(C)s1. The van der Waals surface area contributed by atoms with E-state index in [4.69, 9.17) is 0 Å². The number of carbonyl (C=O) groups excluding carboxylic acids is 1. The zero-order valence-electron chi connectivity index (χ0n) is 11.8. The molecule has 0 saturated carbocycles. The van der Waals surface area contributed by atoms with E-state index in [1.54, 1.807) is 11.3 Å². The van der Waals surface area contributed by atoms with E-state index >= 15 is 0 Å². The fraction of sp³-hybridized carbons (Fsp3) is 0.667. The lowest BCUT2D eigenvalue weighted by Gasteiger charge is -2.34. The van der Waals surface area contributed by atoms with Crippen LogP contribution < -0.4 is 0 Å². The third kappa shape index (κ3) is 3.21. The van der Waals surface area contributed by atoms with Crippen molar-refractivity contribution in [2.24, 2.45) is 11.8 Å². The molecule has 1 aromatic heterocycles. The fourth-order valence-electron chi connectivity index (χ4n) is 3.12. The fourth-order valence-corrected chi connectivity index (χ4v) is 4.06. The topological polar surface area (TPSA) is 20.3 Å². The average Bonchev–Trinajstić information content (AvgIpc) is 2.56. The zero-order valence-corrected chi connectivity index (χ0v) is 12.6. The van der Waals surface area contributed by atoms with Gasteiger partial charge < -0.3 is 0 Å². The summed E-state index contributed by atoms with van der Waals surface area (Å²) in [6, 6.07) is 2.04. The smallest absolute Gasteiger partial charge is 0.177 e. The van der Waals surface area contributed by atoms with Crippen LogP contribution in [0.4, 0.5) is 0 Å². The first kappa shape index (κ1) is 13.8. The lowest BCUT2D eigenvalue weighted by Crippen LogP contribution is -2.41. The van der Waals surface area contributed by atoms with Crippen molar-refractivity contribution < 1.29 is 4.79 Å². The van der Waals surface area contributed by atoms with Crippen LogP contribution in [0.25, 0.3) is 0 Å². The van der Waals surface area contributed by atoms with Crippen LogP contribution in [0.15, 0.2) is 6.07 Å². The van der Waals surface area contributed by atoms with E-state index in [1.807, 2.05) is 13.0 Å². The van der Waals surface area contributed by atoms with Crippen LogP contribution in [0, 0.1) is 25.7 Å². The van der Waals surface area contributed by atoms with Crippen molar-refractivity contribution in [3.63, 3.8) is 0 Å². The molecule has 100 valence electrons. The van der Waals surface area contributed by atoms with E-state index in [0.717, 1.165) is 23.5 Å². The minimum absolute atomic E-state index is 0.290. The normalized spacial score (nSPS) is 25.3. The van der Waals surface area contributed by atoms with E-state index in [0.29, 0.717) is 18.4 Å². The van der Waals surface area contributed by atoms with Gasteiger partial charge in [0.15, 0.2) is 5.78 Å². The molecule has 1 aliphatic rings. The highest BCUT2D eigenvalue weighted by molar-refractivity contribution is 7.12. The average molecular weight is 265 g/mol. The van der Waals surface area contributed by atoms with Crippen LogP contribution in [0.5, 0.6) is 0 Å². The minimum atomic E-state index is 0.290. The van der Waals surface area contributed by atoms with E-state index in [9.17, 15) is 4.79 Å². The molecule has 0 bridgehead atoms. The number of thiophene rings is 1. The Morgan fingerprint density at radius 2 is 1.94 bits per heavy atom. The maximum absolute atomic E-state index is 12.3. The second kappa shape index (κ2) is 5.54. The number of hydrogen-bond acceptors (Lipinski definition) is 3. The second-order valence-corrected chi connectivity index (χ2v) is 7.35. The number of piperidine rings is 1. The van der Waals surface area contributed by atoms with Crippen LogP contribution in [0.2, 0.25) is 0 Å². The summed E-state index contributed by atoms with van der Waals surface area (Å²) in [7, 11) is 0. The van der Waals surface area contributed by atoms with Gasteiger partial charge in [-0.05, 0) is 38.2 Å². The standard InChI is InChI=1S/C15H23NOS/c1-10-5-11(2)8-16(7-10)9-15(17)14-6-12(3)18-13(14)4/h6,10-11H,5,7-9H2,1-4H3. The number of ketones is 1. The monoisotopic (exact) mass is 265 g/mol. The van der Waals surface area contributed by atoms with Crippen LogP contribution >= 0.6 is 11.3 Å². The summed E-state index contributed by atoms with van der Waals surface area (Å²) in [5.41, 5.74) is 0.934. The summed E-state index contributed by atoms with van der Waals surface area (Å²) in [5, 5.41) is 0. The van der Waals surface area contributed by atoms with Crippen molar-refractivity contribution in [2.45, 2.75) is 34.1 Å². The summed E-state index contributed by atoms with van der Waals surface area (Å²) in [6.07, 6.45) is 1.29. The van der Waals surface area contributed by atoms with Gasteiger partial charge in [-0.25, -0.2) is 0 Å². The summed E-state index contributed by atoms with van der Waals surface area (Å²) in [4.78, 5) is 17.0. The van der Waals surface area contributed by atoms with Crippen molar-refractivity contribution in [3.8, 4) is 0 Å². The van der Waals surface area contributed by atoms with Crippen LogP contribution in [0.3, 0.4) is 0 Å². The summed E-state index contributed by atoms with van der Waals surface area (Å²) >= 11 is 1.72. The molecule has 0 aromatic carbocycles. The second-order valence-electron chi connectivity index (χ2n) is 5.89. The molecule has 2 unspecified atom stereocenters. The molecule has 2 atom stereocenters. The largest absolute Gasteiger partial charge is 0.295 e. The van der Waals surface area contributed by atoms with Gasteiger partial charge in [-0.1, -0.05) is 13.8 Å². The van der Waals surface area contributed by atoms with E-state index in [1.165, 1.54) is 11.3 Å². The third-order valence-electron chi connectivity index (χ3n) is 3.65. The first-order chi connectivity index (χ1) is 8.45. The molecule has 18 heavy (non-hydrogen) atoms.